The van der Waals surface area contributed by atoms with Crippen LogP contribution in [0.25, 0.3) is 11.1 Å². The lowest BCUT2D eigenvalue weighted by Crippen LogP contribution is -2.41. The molecule has 0 fully saturated rings. The Kier molecular flexibility index (Phi) is 6.63. The highest BCUT2D eigenvalue weighted by atomic mass is 16.5. The number of carbonyl (C=O) groups excluding carboxylic acids is 2. The third-order valence-corrected chi connectivity index (χ3v) is 6.16. The average Bonchev–Trinajstić information content (AvgIpc) is 3.16. The molecule has 4 rings (SSSR count). The number of fused-ring (bicyclic) bond motifs is 3. The molecule has 2 N–H and O–H groups in total. The first-order chi connectivity index (χ1) is 16.4. The Bertz CT molecular complexity index is 1190. The molecule has 174 valence electrons. The molecule has 0 radical (unpaired) electrons. The molecule has 1 atom stereocenters. The molecule has 1 unspecified atom stereocenters. The van der Waals surface area contributed by atoms with Crippen LogP contribution in [-0.4, -0.2) is 47.7 Å². The molecule has 7 heteroatoms. The van der Waals surface area contributed by atoms with E-state index >= 15 is 0 Å². The Balaban J connectivity index is 1.43. The molecule has 0 aliphatic heterocycles. The lowest BCUT2D eigenvalue weighted by Gasteiger charge is -2.24. The van der Waals surface area contributed by atoms with Crippen LogP contribution in [-0.2, 0) is 9.53 Å². The Hall–Kier alpha value is -4.13. The summed E-state index contributed by atoms with van der Waals surface area (Å²) in [5.74, 6) is -1.56. The minimum absolute atomic E-state index is 0.0540. The van der Waals surface area contributed by atoms with Crippen molar-refractivity contribution in [3.63, 3.8) is 0 Å². The zero-order chi connectivity index (χ0) is 24.2. The molecule has 0 aromatic heterocycles. The number of rotatable bonds is 7. The molecule has 0 spiro atoms. The maximum Gasteiger partial charge on any atom is 0.411 e. The van der Waals surface area contributed by atoms with Crippen molar-refractivity contribution in [1.29, 1.82) is 0 Å². The summed E-state index contributed by atoms with van der Waals surface area (Å²) < 4.78 is 5.56. The topological polar surface area (TPSA) is 95.9 Å². The SMILES string of the molecule is CCC(C(=O)O)N(C)C(=O)c1cccc(NC(=O)OCC2c3ccccc3-c3ccccc32)c1. The number of ether oxygens (including phenoxy) is 1. The predicted octanol–water partition coefficient (Wildman–Crippen LogP) is 4.98. The van der Waals surface area contributed by atoms with Crippen LogP contribution in [0.1, 0.15) is 40.7 Å². The van der Waals surface area contributed by atoms with E-state index in [1.807, 2.05) is 36.4 Å². The van der Waals surface area contributed by atoms with Gasteiger partial charge in [0.25, 0.3) is 5.91 Å². The lowest BCUT2D eigenvalue weighted by molar-refractivity contribution is -0.142. The number of hydrogen-bond acceptors (Lipinski definition) is 4. The van der Waals surface area contributed by atoms with Crippen LogP contribution in [0.3, 0.4) is 0 Å². The standard InChI is InChI=1S/C27H26N2O5/c1-3-24(26(31)32)29(2)25(30)17-9-8-10-18(15-17)28-27(33)34-16-23-21-13-6-4-11-19(21)20-12-5-7-14-22(20)23/h4-15,23-24H,3,16H2,1-2H3,(H,28,33)(H,31,32). The molecule has 1 aliphatic carbocycles. The largest absolute Gasteiger partial charge is 0.480 e. The van der Waals surface area contributed by atoms with E-state index in [-0.39, 0.29) is 24.5 Å². The summed E-state index contributed by atoms with van der Waals surface area (Å²) in [6, 6.07) is 21.6. The van der Waals surface area contributed by atoms with E-state index in [4.69, 9.17) is 4.74 Å². The first-order valence-electron chi connectivity index (χ1n) is 11.1. The molecule has 0 bridgehead atoms. The number of carboxylic acids is 1. The minimum Gasteiger partial charge on any atom is -0.480 e. The van der Waals surface area contributed by atoms with Gasteiger partial charge in [-0.2, -0.15) is 0 Å². The van der Waals surface area contributed by atoms with Gasteiger partial charge in [-0.1, -0.05) is 61.5 Å². The van der Waals surface area contributed by atoms with Crippen LogP contribution in [0, 0.1) is 0 Å². The van der Waals surface area contributed by atoms with Gasteiger partial charge in [-0.3, -0.25) is 10.1 Å². The van der Waals surface area contributed by atoms with Crippen LogP contribution in [0.2, 0.25) is 0 Å². The molecular formula is C27H26N2O5. The second-order valence-electron chi connectivity index (χ2n) is 8.21. The molecule has 3 aromatic carbocycles. The van der Waals surface area contributed by atoms with Crippen LogP contribution >= 0.6 is 0 Å². The summed E-state index contributed by atoms with van der Waals surface area (Å²) in [6.07, 6.45) is -0.341. The molecule has 34 heavy (non-hydrogen) atoms. The van der Waals surface area contributed by atoms with Crippen molar-refractivity contribution in [2.75, 3.05) is 19.0 Å². The van der Waals surface area contributed by atoms with E-state index in [2.05, 4.69) is 17.4 Å². The lowest BCUT2D eigenvalue weighted by atomic mass is 9.98. The number of amides is 2. The highest BCUT2D eigenvalue weighted by molar-refractivity contribution is 5.98. The predicted molar refractivity (Wildman–Crippen MR) is 129 cm³/mol. The molecule has 0 saturated carbocycles. The summed E-state index contributed by atoms with van der Waals surface area (Å²) >= 11 is 0. The maximum atomic E-state index is 12.7. The van der Waals surface area contributed by atoms with Gasteiger partial charge in [-0.25, -0.2) is 9.59 Å². The van der Waals surface area contributed by atoms with E-state index in [0.29, 0.717) is 5.69 Å². The van der Waals surface area contributed by atoms with Gasteiger partial charge in [-0.15, -0.1) is 0 Å². The molecule has 7 nitrogen and oxygen atoms in total. The third-order valence-electron chi connectivity index (χ3n) is 6.16. The number of likely N-dealkylation sites (N-methyl/N-ethyl adjacent to an activating group) is 1. The Morgan fingerprint density at radius 1 is 0.971 bits per heavy atom. The number of benzene rings is 3. The first kappa shape index (κ1) is 23.0. The smallest absolute Gasteiger partial charge is 0.411 e. The summed E-state index contributed by atoms with van der Waals surface area (Å²) in [7, 11) is 1.45. The highest BCUT2D eigenvalue weighted by Gasteiger charge is 2.29. The van der Waals surface area contributed by atoms with Crippen molar-refractivity contribution < 1.29 is 24.2 Å². The maximum absolute atomic E-state index is 12.7. The fourth-order valence-corrected chi connectivity index (χ4v) is 4.44. The summed E-state index contributed by atoms with van der Waals surface area (Å²) in [4.78, 5) is 37.9. The first-order valence-corrected chi connectivity index (χ1v) is 11.1. The van der Waals surface area contributed by atoms with Gasteiger partial charge in [-0.05, 0) is 46.9 Å². The minimum atomic E-state index is -1.06. The van der Waals surface area contributed by atoms with Gasteiger partial charge in [0.15, 0.2) is 0 Å². The number of nitrogens with zero attached hydrogens (tertiary/aromatic N) is 1. The number of anilines is 1. The summed E-state index contributed by atoms with van der Waals surface area (Å²) in [5.41, 5.74) is 5.20. The number of carboxylic acid groups (broad SMARTS) is 1. The quantitative estimate of drug-likeness (QED) is 0.520. The van der Waals surface area contributed by atoms with Crippen molar-refractivity contribution in [2.24, 2.45) is 0 Å². The second-order valence-corrected chi connectivity index (χ2v) is 8.21. The normalized spacial score (nSPS) is 12.9. The van der Waals surface area contributed by atoms with E-state index < -0.39 is 24.0 Å². The van der Waals surface area contributed by atoms with E-state index in [9.17, 15) is 19.5 Å². The highest BCUT2D eigenvalue weighted by Crippen LogP contribution is 2.44. The zero-order valence-corrected chi connectivity index (χ0v) is 19.0. The Morgan fingerprint density at radius 3 is 2.18 bits per heavy atom. The average molecular weight is 459 g/mol. The Morgan fingerprint density at radius 2 is 1.59 bits per heavy atom. The van der Waals surface area contributed by atoms with Crippen LogP contribution in [0.15, 0.2) is 72.8 Å². The number of nitrogens with one attached hydrogen (secondary N) is 1. The molecule has 3 aromatic rings. The number of aliphatic carboxylic acids is 1. The van der Waals surface area contributed by atoms with Crippen molar-refractivity contribution in [3.05, 3.63) is 89.5 Å². The van der Waals surface area contributed by atoms with Crippen molar-refractivity contribution in [3.8, 4) is 11.1 Å². The molecule has 0 heterocycles. The number of hydrogen-bond donors (Lipinski definition) is 2. The second kappa shape index (κ2) is 9.79. The molecular weight excluding hydrogens is 432 g/mol. The van der Waals surface area contributed by atoms with Gasteiger partial charge >= 0.3 is 12.1 Å². The molecule has 1 aliphatic rings. The van der Waals surface area contributed by atoms with E-state index in [1.54, 1.807) is 25.1 Å². The summed E-state index contributed by atoms with van der Waals surface area (Å²) in [6.45, 7) is 1.88. The van der Waals surface area contributed by atoms with Gasteiger partial charge in [0, 0.05) is 24.2 Å². The van der Waals surface area contributed by atoms with E-state index in [1.165, 1.54) is 18.0 Å². The van der Waals surface area contributed by atoms with Gasteiger partial charge in [0.1, 0.15) is 12.6 Å². The van der Waals surface area contributed by atoms with Crippen LogP contribution in [0.4, 0.5) is 10.5 Å². The van der Waals surface area contributed by atoms with Gasteiger partial charge in [0.05, 0.1) is 0 Å². The number of carbonyl (C=O) groups is 3. The van der Waals surface area contributed by atoms with Crippen molar-refractivity contribution >= 4 is 23.7 Å². The van der Waals surface area contributed by atoms with Gasteiger partial charge in [0.2, 0.25) is 0 Å². The van der Waals surface area contributed by atoms with Crippen molar-refractivity contribution in [1.82, 2.24) is 4.90 Å². The third kappa shape index (κ3) is 4.50. The van der Waals surface area contributed by atoms with Crippen LogP contribution < -0.4 is 5.32 Å². The summed E-state index contributed by atoms with van der Waals surface area (Å²) in [5, 5.41) is 12.0. The monoisotopic (exact) mass is 458 g/mol. The van der Waals surface area contributed by atoms with Gasteiger partial charge < -0.3 is 14.7 Å². The molecule has 0 saturated heterocycles. The van der Waals surface area contributed by atoms with E-state index in [0.717, 1.165) is 22.3 Å². The molecule has 2 amide bonds. The zero-order valence-electron chi connectivity index (χ0n) is 19.0. The van der Waals surface area contributed by atoms with Crippen LogP contribution in [0.5, 0.6) is 0 Å². The fraction of sp³-hybridized carbons (Fsp3) is 0.222. The van der Waals surface area contributed by atoms with Crippen molar-refractivity contribution in [2.45, 2.75) is 25.3 Å². The Labute approximate surface area is 198 Å². The fourth-order valence-electron chi connectivity index (χ4n) is 4.44.